The molecule has 0 unspecified atom stereocenters. The first-order valence-corrected chi connectivity index (χ1v) is 3.98. The van der Waals surface area contributed by atoms with Crippen molar-refractivity contribution in [1.82, 2.24) is 5.32 Å². The highest BCUT2D eigenvalue weighted by Gasteiger charge is 2.35. The Bertz CT molecular complexity index is 104. The summed E-state index contributed by atoms with van der Waals surface area (Å²) in [5.74, 6) is 0. The molecule has 1 aliphatic carbocycles. The summed E-state index contributed by atoms with van der Waals surface area (Å²) in [5, 5.41) is 11.8. The first-order valence-electron chi connectivity index (χ1n) is 3.98. The van der Waals surface area contributed by atoms with Crippen molar-refractivity contribution in [2.45, 2.75) is 32.7 Å². The van der Waals surface area contributed by atoms with Gasteiger partial charge in [-0.25, -0.2) is 0 Å². The number of rotatable bonds is 3. The molecule has 0 heterocycles. The quantitative estimate of drug-likeness (QED) is 0.611. The zero-order valence-corrected chi connectivity index (χ0v) is 6.85. The summed E-state index contributed by atoms with van der Waals surface area (Å²) in [5.41, 5.74) is 0.549. The zero-order valence-electron chi connectivity index (χ0n) is 6.85. The summed E-state index contributed by atoms with van der Waals surface area (Å²) < 4.78 is 0. The molecule has 2 nitrogen and oxygen atoms in total. The fraction of sp³-hybridized carbons (Fsp3) is 1.00. The maximum Gasteiger partial charge on any atom is 0.0556 e. The smallest absolute Gasteiger partial charge is 0.0556 e. The van der Waals surface area contributed by atoms with Crippen molar-refractivity contribution in [3.05, 3.63) is 0 Å². The fourth-order valence-corrected chi connectivity index (χ4v) is 1.69. The Morgan fingerprint density at radius 3 is 2.50 bits per heavy atom. The van der Waals surface area contributed by atoms with Crippen LogP contribution < -0.4 is 5.32 Å². The molecule has 0 bridgehead atoms. The maximum atomic E-state index is 8.50. The molecule has 0 amide bonds. The SMILES string of the molecule is CC1(C)CC(NCCO)C1. The highest BCUT2D eigenvalue weighted by atomic mass is 16.3. The summed E-state index contributed by atoms with van der Waals surface area (Å²) in [6.07, 6.45) is 2.51. The van der Waals surface area contributed by atoms with Crippen LogP contribution in [0, 0.1) is 5.41 Å². The van der Waals surface area contributed by atoms with Gasteiger partial charge in [-0.3, -0.25) is 0 Å². The molecule has 0 atom stereocenters. The van der Waals surface area contributed by atoms with Crippen LogP contribution in [-0.4, -0.2) is 24.3 Å². The second-order valence-corrected chi connectivity index (χ2v) is 3.95. The molecule has 0 aromatic carbocycles. The molecular formula is C8H17NO. The third-order valence-electron chi connectivity index (χ3n) is 2.14. The normalized spacial score (nSPS) is 24.3. The van der Waals surface area contributed by atoms with Gasteiger partial charge in [-0.15, -0.1) is 0 Å². The molecule has 0 radical (unpaired) electrons. The summed E-state index contributed by atoms with van der Waals surface area (Å²) in [6, 6.07) is 0.669. The molecule has 0 aliphatic heterocycles. The molecule has 2 N–H and O–H groups in total. The molecule has 0 spiro atoms. The lowest BCUT2D eigenvalue weighted by Crippen LogP contribution is -2.46. The molecule has 0 aromatic rings. The minimum Gasteiger partial charge on any atom is -0.395 e. The molecule has 1 saturated carbocycles. The zero-order chi connectivity index (χ0) is 7.61. The first-order chi connectivity index (χ1) is 4.64. The predicted octanol–water partition coefficient (Wildman–Crippen LogP) is 0.757. The molecule has 0 saturated heterocycles. The van der Waals surface area contributed by atoms with Gasteiger partial charge in [0, 0.05) is 12.6 Å². The van der Waals surface area contributed by atoms with Gasteiger partial charge in [-0.05, 0) is 18.3 Å². The number of nitrogens with one attached hydrogen (secondary N) is 1. The highest BCUT2D eigenvalue weighted by molar-refractivity contribution is 4.91. The van der Waals surface area contributed by atoms with Gasteiger partial charge in [0.05, 0.1) is 6.61 Å². The second kappa shape index (κ2) is 2.89. The van der Waals surface area contributed by atoms with Crippen molar-refractivity contribution in [1.29, 1.82) is 0 Å². The van der Waals surface area contributed by atoms with Crippen LogP contribution in [0.15, 0.2) is 0 Å². The van der Waals surface area contributed by atoms with Crippen LogP contribution in [0.25, 0.3) is 0 Å². The van der Waals surface area contributed by atoms with Crippen LogP contribution >= 0.6 is 0 Å². The lowest BCUT2D eigenvalue weighted by atomic mass is 9.68. The van der Waals surface area contributed by atoms with Crippen LogP contribution in [0.4, 0.5) is 0 Å². The van der Waals surface area contributed by atoms with E-state index in [1.54, 1.807) is 0 Å². The van der Waals surface area contributed by atoms with Crippen molar-refractivity contribution in [2.75, 3.05) is 13.2 Å². The van der Waals surface area contributed by atoms with Crippen LogP contribution in [-0.2, 0) is 0 Å². The lowest BCUT2D eigenvalue weighted by Gasteiger charge is -2.43. The van der Waals surface area contributed by atoms with E-state index in [1.807, 2.05) is 0 Å². The summed E-state index contributed by atoms with van der Waals surface area (Å²) >= 11 is 0. The van der Waals surface area contributed by atoms with Crippen LogP contribution in [0.2, 0.25) is 0 Å². The van der Waals surface area contributed by atoms with Gasteiger partial charge in [-0.1, -0.05) is 13.8 Å². The molecule has 1 aliphatic rings. The van der Waals surface area contributed by atoms with Gasteiger partial charge in [0.15, 0.2) is 0 Å². The minimum absolute atomic E-state index is 0.261. The number of aliphatic hydroxyl groups excluding tert-OH is 1. The van der Waals surface area contributed by atoms with E-state index in [4.69, 9.17) is 5.11 Å². The Balaban J connectivity index is 2.03. The van der Waals surface area contributed by atoms with Crippen molar-refractivity contribution in [3.8, 4) is 0 Å². The molecule has 2 heteroatoms. The lowest BCUT2D eigenvalue weighted by molar-refractivity contribution is 0.121. The Morgan fingerprint density at radius 1 is 1.50 bits per heavy atom. The molecule has 1 fully saturated rings. The maximum absolute atomic E-state index is 8.50. The molecule has 10 heavy (non-hydrogen) atoms. The van der Waals surface area contributed by atoms with Crippen molar-refractivity contribution >= 4 is 0 Å². The number of hydrogen-bond acceptors (Lipinski definition) is 2. The van der Waals surface area contributed by atoms with E-state index in [1.165, 1.54) is 12.8 Å². The van der Waals surface area contributed by atoms with Gasteiger partial charge in [-0.2, -0.15) is 0 Å². The standard InChI is InChI=1S/C8H17NO/c1-8(2)5-7(6-8)9-3-4-10/h7,9-10H,3-6H2,1-2H3. The van der Waals surface area contributed by atoms with E-state index in [2.05, 4.69) is 19.2 Å². The van der Waals surface area contributed by atoms with E-state index in [9.17, 15) is 0 Å². The Hall–Kier alpha value is -0.0800. The second-order valence-electron chi connectivity index (χ2n) is 3.95. The van der Waals surface area contributed by atoms with Crippen molar-refractivity contribution in [2.24, 2.45) is 5.41 Å². The van der Waals surface area contributed by atoms with Gasteiger partial charge in [0.25, 0.3) is 0 Å². The summed E-state index contributed by atoms with van der Waals surface area (Å²) in [4.78, 5) is 0. The molecule has 1 rings (SSSR count). The van der Waals surface area contributed by atoms with Crippen molar-refractivity contribution < 1.29 is 5.11 Å². The van der Waals surface area contributed by atoms with E-state index in [-0.39, 0.29) is 6.61 Å². The predicted molar refractivity (Wildman–Crippen MR) is 41.9 cm³/mol. The van der Waals surface area contributed by atoms with Crippen LogP contribution in [0.3, 0.4) is 0 Å². The minimum atomic E-state index is 0.261. The fourth-order valence-electron chi connectivity index (χ4n) is 1.69. The number of hydrogen-bond donors (Lipinski definition) is 2. The van der Waals surface area contributed by atoms with Crippen molar-refractivity contribution in [3.63, 3.8) is 0 Å². The number of aliphatic hydroxyl groups is 1. The van der Waals surface area contributed by atoms with E-state index in [0.29, 0.717) is 11.5 Å². The summed E-state index contributed by atoms with van der Waals surface area (Å²) in [7, 11) is 0. The summed E-state index contributed by atoms with van der Waals surface area (Å²) in [6.45, 7) is 5.58. The monoisotopic (exact) mass is 143 g/mol. The Morgan fingerprint density at radius 2 is 2.10 bits per heavy atom. The van der Waals surface area contributed by atoms with Gasteiger partial charge >= 0.3 is 0 Å². The first kappa shape index (κ1) is 8.02. The average Bonchev–Trinajstić information content (AvgIpc) is 1.78. The van der Waals surface area contributed by atoms with Gasteiger partial charge in [0.1, 0.15) is 0 Å². The van der Waals surface area contributed by atoms with E-state index >= 15 is 0 Å². The third kappa shape index (κ3) is 1.96. The van der Waals surface area contributed by atoms with E-state index < -0.39 is 0 Å². The van der Waals surface area contributed by atoms with E-state index in [0.717, 1.165) is 6.54 Å². The van der Waals surface area contributed by atoms with Gasteiger partial charge < -0.3 is 10.4 Å². The third-order valence-corrected chi connectivity index (χ3v) is 2.14. The molecular weight excluding hydrogens is 126 g/mol. The Kier molecular flexibility index (Phi) is 2.32. The Labute approximate surface area is 62.6 Å². The van der Waals surface area contributed by atoms with Crippen LogP contribution in [0.1, 0.15) is 26.7 Å². The van der Waals surface area contributed by atoms with Crippen LogP contribution in [0.5, 0.6) is 0 Å². The molecule has 0 aromatic heterocycles. The largest absolute Gasteiger partial charge is 0.395 e. The average molecular weight is 143 g/mol. The molecule has 60 valence electrons. The highest BCUT2D eigenvalue weighted by Crippen LogP contribution is 2.39. The topological polar surface area (TPSA) is 32.3 Å². The van der Waals surface area contributed by atoms with Gasteiger partial charge in [0.2, 0.25) is 0 Å².